The lowest BCUT2D eigenvalue weighted by Gasteiger charge is -2.26. The van der Waals surface area contributed by atoms with E-state index in [2.05, 4.69) is 22.8 Å². The summed E-state index contributed by atoms with van der Waals surface area (Å²) in [7, 11) is 0. The molecule has 0 saturated carbocycles. The molecule has 1 aliphatic carbocycles. The molecule has 0 spiro atoms. The van der Waals surface area contributed by atoms with Crippen LogP contribution >= 0.6 is 0 Å². The average molecular weight is 312 g/mol. The van der Waals surface area contributed by atoms with E-state index in [-0.39, 0.29) is 17.9 Å². The molecule has 0 radical (unpaired) electrons. The Bertz CT molecular complexity index is 687. The standard InChI is InChI=1S/C19H21FN2O/c20-17-10-4-2-7-15(17)12-13-21-19(23)22-18-11-5-8-14-6-1-3-9-16(14)18/h1-4,6-7,9-10,18H,5,8,11-13H2,(H2,21,22,23). The Morgan fingerprint density at radius 3 is 2.78 bits per heavy atom. The fourth-order valence-corrected chi connectivity index (χ4v) is 3.12. The van der Waals surface area contributed by atoms with Crippen LogP contribution in [0.15, 0.2) is 48.5 Å². The first-order valence-electron chi connectivity index (χ1n) is 8.09. The summed E-state index contributed by atoms with van der Waals surface area (Å²) in [5.74, 6) is -0.226. The molecule has 0 saturated heterocycles. The summed E-state index contributed by atoms with van der Waals surface area (Å²) in [6.07, 6.45) is 3.60. The van der Waals surface area contributed by atoms with Crippen molar-refractivity contribution in [3.8, 4) is 0 Å². The number of halogens is 1. The van der Waals surface area contributed by atoms with Gasteiger partial charge in [0.1, 0.15) is 5.82 Å². The number of benzene rings is 2. The molecule has 2 aromatic carbocycles. The topological polar surface area (TPSA) is 41.1 Å². The van der Waals surface area contributed by atoms with Gasteiger partial charge in [0.25, 0.3) is 0 Å². The minimum Gasteiger partial charge on any atom is -0.338 e. The molecule has 1 atom stereocenters. The van der Waals surface area contributed by atoms with E-state index in [0.29, 0.717) is 18.5 Å². The third-order valence-corrected chi connectivity index (χ3v) is 4.31. The van der Waals surface area contributed by atoms with Gasteiger partial charge in [-0.05, 0) is 48.4 Å². The van der Waals surface area contributed by atoms with Crippen LogP contribution in [0, 0.1) is 5.82 Å². The van der Waals surface area contributed by atoms with Crippen LogP contribution in [-0.4, -0.2) is 12.6 Å². The van der Waals surface area contributed by atoms with Crippen LogP contribution in [0.1, 0.15) is 35.6 Å². The molecular formula is C19H21FN2O. The van der Waals surface area contributed by atoms with Crippen LogP contribution in [0.3, 0.4) is 0 Å². The largest absolute Gasteiger partial charge is 0.338 e. The quantitative estimate of drug-likeness (QED) is 0.887. The first-order chi connectivity index (χ1) is 11.2. The van der Waals surface area contributed by atoms with Crippen molar-refractivity contribution in [2.45, 2.75) is 31.7 Å². The molecule has 0 fully saturated rings. The third kappa shape index (κ3) is 3.89. The molecular weight excluding hydrogens is 291 g/mol. The van der Waals surface area contributed by atoms with E-state index >= 15 is 0 Å². The molecule has 23 heavy (non-hydrogen) atoms. The Balaban J connectivity index is 1.52. The second kappa shape index (κ2) is 7.27. The number of fused-ring (bicyclic) bond motifs is 1. The molecule has 3 rings (SSSR count). The van der Waals surface area contributed by atoms with Gasteiger partial charge in [-0.2, -0.15) is 0 Å². The fourth-order valence-electron chi connectivity index (χ4n) is 3.12. The maximum Gasteiger partial charge on any atom is 0.315 e. The van der Waals surface area contributed by atoms with Crippen LogP contribution < -0.4 is 10.6 Å². The van der Waals surface area contributed by atoms with Gasteiger partial charge in [0.05, 0.1) is 6.04 Å². The summed E-state index contributed by atoms with van der Waals surface area (Å²) in [6, 6.07) is 14.8. The number of urea groups is 1. The molecule has 0 aromatic heterocycles. The number of carbonyl (C=O) groups excluding carboxylic acids is 1. The second-order valence-electron chi connectivity index (χ2n) is 5.89. The van der Waals surface area contributed by atoms with Crippen LogP contribution in [0.25, 0.3) is 0 Å². The normalized spacial score (nSPS) is 16.5. The van der Waals surface area contributed by atoms with Gasteiger partial charge in [-0.15, -0.1) is 0 Å². The van der Waals surface area contributed by atoms with Gasteiger partial charge < -0.3 is 10.6 Å². The molecule has 2 amide bonds. The molecule has 0 heterocycles. The Labute approximate surface area is 135 Å². The summed E-state index contributed by atoms with van der Waals surface area (Å²) in [5, 5.41) is 5.85. The van der Waals surface area contributed by atoms with Crippen molar-refractivity contribution in [1.82, 2.24) is 10.6 Å². The van der Waals surface area contributed by atoms with Gasteiger partial charge >= 0.3 is 6.03 Å². The first-order valence-corrected chi connectivity index (χ1v) is 8.09. The zero-order valence-corrected chi connectivity index (χ0v) is 13.0. The lowest BCUT2D eigenvalue weighted by molar-refractivity contribution is 0.235. The molecule has 2 N–H and O–H groups in total. The van der Waals surface area contributed by atoms with Gasteiger partial charge in [-0.25, -0.2) is 9.18 Å². The summed E-state index contributed by atoms with van der Waals surface area (Å²) >= 11 is 0. The maximum absolute atomic E-state index is 13.5. The van der Waals surface area contributed by atoms with Crippen LogP contribution in [0.5, 0.6) is 0 Å². The number of aryl methyl sites for hydroxylation is 1. The van der Waals surface area contributed by atoms with Crippen molar-refractivity contribution < 1.29 is 9.18 Å². The van der Waals surface area contributed by atoms with E-state index in [0.717, 1.165) is 19.3 Å². The average Bonchev–Trinajstić information content (AvgIpc) is 2.57. The lowest BCUT2D eigenvalue weighted by atomic mass is 9.88. The zero-order valence-electron chi connectivity index (χ0n) is 13.0. The molecule has 4 heteroatoms. The monoisotopic (exact) mass is 312 g/mol. The second-order valence-corrected chi connectivity index (χ2v) is 5.89. The van der Waals surface area contributed by atoms with Crippen LogP contribution in [0.2, 0.25) is 0 Å². The number of nitrogens with one attached hydrogen (secondary N) is 2. The van der Waals surface area contributed by atoms with E-state index < -0.39 is 0 Å². The van der Waals surface area contributed by atoms with E-state index in [1.165, 1.54) is 17.2 Å². The predicted octanol–water partition coefficient (Wildman–Crippen LogP) is 3.75. The highest BCUT2D eigenvalue weighted by Crippen LogP contribution is 2.29. The fraction of sp³-hybridized carbons (Fsp3) is 0.316. The van der Waals surface area contributed by atoms with Crippen molar-refractivity contribution >= 4 is 6.03 Å². The van der Waals surface area contributed by atoms with E-state index in [4.69, 9.17) is 0 Å². The van der Waals surface area contributed by atoms with E-state index in [1.807, 2.05) is 12.1 Å². The zero-order chi connectivity index (χ0) is 16.1. The minimum atomic E-state index is -0.226. The number of amides is 2. The van der Waals surface area contributed by atoms with Crippen molar-refractivity contribution in [2.75, 3.05) is 6.54 Å². The Hall–Kier alpha value is -2.36. The van der Waals surface area contributed by atoms with Gasteiger partial charge in [-0.3, -0.25) is 0 Å². The smallest absolute Gasteiger partial charge is 0.315 e. The van der Waals surface area contributed by atoms with Crippen molar-refractivity contribution in [3.05, 3.63) is 71.0 Å². The molecule has 2 aromatic rings. The summed E-state index contributed by atoms with van der Waals surface area (Å²) in [4.78, 5) is 12.1. The van der Waals surface area contributed by atoms with Crippen molar-refractivity contribution in [1.29, 1.82) is 0 Å². The molecule has 3 nitrogen and oxygen atoms in total. The summed E-state index contributed by atoms with van der Waals surface area (Å²) in [6.45, 7) is 0.418. The Morgan fingerprint density at radius 2 is 1.91 bits per heavy atom. The van der Waals surface area contributed by atoms with Crippen molar-refractivity contribution in [2.24, 2.45) is 0 Å². The molecule has 1 unspecified atom stereocenters. The number of hydrogen-bond donors (Lipinski definition) is 2. The van der Waals surface area contributed by atoms with Gasteiger partial charge in [0, 0.05) is 6.54 Å². The van der Waals surface area contributed by atoms with E-state index in [1.54, 1.807) is 18.2 Å². The number of rotatable bonds is 4. The third-order valence-electron chi connectivity index (χ3n) is 4.31. The minimum absolute atomic E-state index is 0.0633. The van der Waals surface area contributed by atoms with Gasteiger partial charge in [0.15, 0.2) is 0 Å². The number of carbonyl (C=O) groups is 1. The summed E-state index contributed by atoms with van der Waals surface area (Å²) < 4.78 is 13.5. The van der Waals surface area contributed by atoms with E-state index in [9.17, 15) is 9.18 Å². The Kier molecular flexibility index (Phi) is 4.91. The molecule has 1 aliphatic rings. The highest BCUT2D eigenvalue weighted by atomic mass is 19.1. The van der Waals surface area contributed by atoms with Gasteiger partial charge in [-0.1, -0.05) is 42.5 Å². The SMILES string of the molecule is O=C(NCCc1ccccc1F)NC1CCCc2ccccc21. The highest BCUT2D eigenvalue weighted by Gasteiger charge is 2.21. The Morgan fingerprint density at radius 1 is 1.13 bits per heavy atom. The summed E-state index contributed by atoms with van der Waals surface area (Å²) in [5.41, 5.74) is 3.15. The molecule has 120 valence electrons. The first kappa shape index (κ1) is 15.5. The van der Waals surface area contributed by atoms with Gasteiger partial charge in [0.2, 0.25) is 0 Å². The van der Waals surface area contributed by atoms with Crippen LogP contribution in [0.4, 0.5) is 9.18 Å². The number of hydrogen-bond acceptors (Lipinski definition) is 1. The molecule has 0 bridgehead atoms. The highest BCUT2D eigenvalue weighted by molar-refractivity contribution is 5.74. The molecule has 0 aliphatic heterocycles. The maximum atomic E-state index is 13.5. The van der Waals surface area contributed by atoms with Crippen molar-refractivity contribution in [3.63, 3.8) is 0 Å². The lowest BCUT2D eigenvalue weighted by Crippen LogP contribution is -2.39. The predicted molar refractivity (Wildman–Crippen MR) is 88.8 cm³/mol. The van der Waals surface area contributed by atoms with Crippen LogP contribution in [-0.2, 0) is 12.8 Å².